The summed E-state index contributed by atoms with van der Waals surface area (Å²) < 4.78 is 0. The molecule has 0 aromatic heterocycles. The van der Waals surface area contributed by atoms with Crippen LogP contribution in [0.15, 0.2) is 18.2 Å². The van der Waals surface area contributed by atoms with Gasteiger partial charge in [-0.2, -0.15) is 0 Å². The summed E-state index contributed by atoms with van der Waals surface area (Å²) >= 11 is 6.00. The van der Waals surface area contributed by atoms with E-state index in [0.717, 1.165) is 12.2 Å². The Bertz CT molecular complexity index is 430. The lowest BCUT2D eigenvalue weighted by Gasteiger charge is -2.31. The third kappa shape index (κ3) is 3.64. The van der Waals surface area contributed by atoms with Crippen molar-refractivity contribution in [3.63, 3.8) is 0 Å². The van der Waals surface area contributed by atoms with E-state index in [1.54, 1.807) is 12.1 Å². The first-order chi connectivity index (χ1) is 8.32. The van der Waals surface area contributed by atoms with Crippen molar-refractivity contribution in [2.24, 2.45) is 5.92 Å². The highest BCUT2D eigenvalue weighted by molar-refractivity contribution is 6.33. The van der Waals surface area contributed by atoms with Crippen molar-refractivity contribution in [2.75, 3.05) is 11.4 Å². The van der Waals surface area contributed by atoms with Gasteiger partial charge in [0.2, 0.25) is 0 Å². The Morgan fingerprint density at radius 2 is 1.94 bits per heavy atom. The molecule has 1 N–H and O–H groups in total. The standard InChI is InChI=1S/C14H20ClNO2/c1-9(2)8-16(10(3)4)11-5-6-12(14(17)18)13(15)7-11/h5-7,9-10H,8H2,1-4H3,(H,17,18). The molecule has 0 bridgehead atoms. The second-order valence-electron chi connectivity index (χ2n) is 5.11. The lowest BCUT2D eigenvalue weighted by Crippen LogP contribution is -2.34. The largest absolute Gasteiger partial charge is 0.478 e. The van der Waals surface area contributed by atoms with E-state index >= 15 is 0 Å². The first-order valence-electron chi connectivity index (χ1n) is 6.12. The summed E-state index contributed by atoms with van der Waals surface area (Å²) in [6.45, 7) is 9.45. The molecule has 18 heavy (non-hydrogen) atoms. The van der Waals surface area contributed by atoms with E-state index in [0.29, 0.717) is 12.0 Å². The van der Waals surface area contributed by atoms with Crippen molar-refractivity contribution in [1.82, 2.24) is 0 Å². The quantitative estimate of drug-likeness (QED) is 0.881. The fourth-order valence-electron chi connectivity index (χ4n) is 1.86. The van der Waals surface area contributed by atoms with Crippen LogP contribution in [0.4, 0.5) is 5.69 Å². The summed E-state index contributed by atoms with van der Waals surface area (Å²) in [6.07, 6.45) is 0. The molecule has 4 heteroatoms. The van der Waals surface area contributed by atoms with Crippen molar-refractivity contribution in [3.8, 4) is 0 Å². The summed E-state index contributed by atoms with van der Waals surface area (Å²) in [4.78, 5) is 13.1. The average Bonchev–Trinajstić information content (AvgIpc) is 2.24. The topological polar surface area (TPSA) is 40.5 Å². The second kappa shape index (κ2) is 6.10. The molecule has 0 aliphatic carbocycles. The van der Waals surface area contributed by atoms with Crippen LogP contribution < -0.4 is 4.90 Å². The average molecular weight is 270 g/mol. The number of hydrogen-bond acceptors (Lipinski definition) is 2. The third-order valence-electron chi connectivity index (χ3n) is 2.70. The third-order valence-corrected chi connectivity index (χ3v) is 3.01. The van der Waals surface area contributed by atoms with Crippen LogP contribution in [0.2, 0.25) is 5.02 Å². The molecule has 0 saturated heterocycles. The molecule has 100 valence electrons. The van der Waals surface area contributed by atoms with Crippen LogP contribution in [-0.4, -0.2) is 23.7 Å². The maximum atomic E-state index is 10.9. The van der Waals surface area contributed by atoms with Gasteiger partial charge in [0.25, 0.3) is 0 Å². The highest BCUT2D eigenvalue weighted by Gasteiger charge is 2.15. The van der Waals surface area contributed by atoms with Gasteiger partial charge in [0.15, 0.2) is 0 Å². The maximum Gasteiger partial charge on any atom is 0.337 e. The van der Waals surface area contributed by atoms with Gasteiger partial charge in [0, 0.05) is 18.3 Å². The Labute approximate surface area is 113 Å². The number of halogens is 1. The predicted octanol–water partition coefficient (Wildman–Crippen LogP) is 3.91. The number of benzene rings is 1. The Morgan fingerprint density at radius 3 is 2.33 bits per heavy atom. The van der Waals surface area contributed by atoms with Crippen LogP contribution in [0.3, 0.4) is 0 Å². The highest BCUT2D eigenvalue weighted by Crippen LogP contribution is 2.25. The van der Waals surface area contributed by atoms with Gasteiger partial charge >= 0.3 is 5.97 Å². The van der Waals surface area contributed by atoms with Crippen LogP contribution in [-0.2, 0) is 0 Å². The van der Waals surface area contributed by atoms with Crippen LogP contribution in [0.1, 0.15) is 38.1 Å². The predicted molar refractivity (Wildman–Crippen MR) is 75.7 cm³/mol. The van der Waals surface area contributed by atoms with Gasteiger partial charge in [0.05, 0.1) is 10.6 Å². The molecule has 0 unspecified atom stereocenters. The van der Waals surface area contributed by atoms with Crippen LogP contribution >= 0.6 is 11.6 Å². The number of aromatic carboxylic acids is 1. The van der Waals surface area contributed by atoms with E-state index < -0.39 is 5.97 Å². The fraction of sp³-hybridized carbons (Fsp3) is 0.500. The summed E-state index contributed by atoms with van der Waals surface area (Å²) in [5, 5.41) is 9.24. The van der Waals surface area contributed by atoms with Gasteiger partial charge in [-0.3, -0.25) is 0 Å². The molecule has 0 atom stereocenters. The SMILES string of the molecule is CC(C)CN(c1ccc(C(=O)O)c(Cl)c1)C(C)C. The summed E-state index contributed by atoms with van der Waals surface area (Å²) in [6, 6.07) is 5.46. The molecule has 0 radical (unpaired) electrons. The molecule has 0 spiro atoms. The fourth-order valence-corrected chi connectivity index (χ4v) is 2.12. The van der Waals surface area contributed by atoms with Gasteiger partial charge < -0.3 is 10.0 Å². The molecule has 0 amide bonds. The number of anilines is 1. The molecule has 0 fully saturated rings. The Hall–Kier alpha value is -1.22. The first kappa shape index (κ1) is 14.8. The van der Waals surface area contributed by atoms with Crippen LogP contribution in [0.5, 0.6) is 0 Å². The van der Waals surface area contributed by atoms with E-state index in [-0.39, 0.29) is 10.6 Å². The normalized spacial score (nSPS) is 11.1. The van der Waals surface area contributed by atoms with Crippen LogP contribution in [0, 0.1) is 5.92 Å². The Balaban J connectivity index is 3.07. The minimum Gasteiger partial charge on any atom is -0.478 e. The number of nitrogens with zero attached hydrogens (tertiary/aromatic N) is 1. The van der Waals surface area contributed by atoms with Gasteiger partial charge in [-0.15, -0.1) is 0 Å². The summed E-state index contributed by atoms with van der Waals surface area (Å²) in [7, 11) is 0. The zero-order valence-electron chi connectivity index (χ0n) is 11.3. The van der Waals surface area contributed by atoms with Crippen molar-refractivity contribution in [1.29, 1.82) is 0 Å². The van der Waals surface area contributed by atoms with E-state index in [4.69, 9.17) is 16.7 Å². The first-order valence-corrected chi connectivity index (χ1v) is 6.50. The van der Waals surface area contributed by atoms with Crippen molar-refractivity contribution >= 4 is 23.3 Å². The smallest absolute Gasteiger partial charge is 0.337 e. The molecule has 0 saturated carbocycles. The molecular weight excluding hydrogens is 250 g/mol. The molecule has 1 aromatic carbocycles. The zero-order chi connectivity index (χ0) is 13.9. The van der Waals surface area contributed by atoms with Crippen molar-refractivity contribution in [2.45, 2.75) is 33.7 Å². The lowest BCUT2D eigenvalue weighted by atomic mass is 10.1. The number of hydrogen-bond donors (Lipinski definition) is 1. The lowest BCUT2D eigenvalue weighted by molar-refractivity contribution is 0.0697. The van der Waals surface area contributed by atoms with Gasteiger partial charge in [-0.25, -0.2) is 4.79 Å². The number of rotatable bonds is 5. The molecule has 0 heterocycles. The summed E-state index contributed by atoms with van der Waals surface area (Å²) in [5.41, 5.74) is 1.11. The summed E-state index contributed by atoms with van der Waals surface area (Å²) in [5.74, 6) is -0.461. The molecule has 1 rings (SSSR count). The van der Waals surface area contributed by atoms with Gasteiger partial charge in [0.1, 0.15) is 0 Å². The second-order valence-corrected chi connectivity index (χ2v) is 5.52. The Kier molecular flexibility index (Phi) is 5.03. The van der Waals surface area contributed by atoms with Crippen LogP contribution in [0.25, 0.3) is 0 Å². The zero-order valence-corrected chi connectivity index (χ0v) is 12.0. The molecular formula is C14H20ClNO2. The molecule has 0 aliphatic heterocycles. The Morgan fingerprint density at radius 1 is 1.33 bits per heavy atom. The minimum absolute atomic E-state index is 0.147. The van der Waals surface area contributed by atoms with E-state index in [1.807, 2.05) is 6.07 Å². The molecule has 1 aromatic rings. The maximum absolute atomic E-state index is 10.9. The van der Waals surface area contributed by atoms with Gasteiger partial charge in [-0.05, 0) is 38.0 Å². The number of carbonyl (C=O) groups is 1. The van der Waals surface area contributed by atoms with E-state index in [9.17, 15) is 4.79 Å². The number of carboxylic acid groups (broad SMARTS) is 1. The van der Waals surface area contributed by atoms with Crippen molar-refractivity contribution in [3.05, 3.63) is 28.8 Å². The van der Waals surface area contributed by atoms with Crippen molar-refractivity contribution < 1.29 is 9.90 Å². The minimum atomic E-state index is -0.994. The highest BCUT2D eigenvalue weighted by atomic mass is 35.5. The monoisotopic (exact) mass is 269 g/mol. The molecule has 0 aliphatic rings. The molecule has 3 nitrogen and oxygen atoms in total. The van der Waals surface area contributed by atoms with E-state index in [2.05, 4.69) is 32.6 Å². The number of carboxylic acids is 1. The van der Waals surface area contributed by atoms with Gasteiger partial charge in [-0.1, -0.05) is 25.4 Å². The van der Waals surface area contributed by atoms with E-state index in [1.165, 1.54) is 0 Å².